The van der Waals surface area contributed by atoms with Gasteiger partial charge in [-0.15, -0.1) is 0 Å². The molecule has 2 aliphatic heterocycles. The molecule has 8 nitrogen and oxygen atoms in total. The maximum atomic E-state index is 13.5. The first kappa shape index (κ1) is 22.0. The van der Waals surface area contributed by atoms with Gasteiger partial charge in [-0.2, -0.15) is 4.31 Å². The number of anilines is 1. The summed E-state index contributed by atoms with van der Waals surface area (Å²) in [4.78, 5) is 9.65. The van der Waals surface area contributed by atoms with E-state index in [1.807, 2.05) is 24.3 Å². The van der Waals surface area contributed by atoms with Gasteiger partial charge in [-0.05, 0) is 19.8 Å². The highest BCUT2D eigenvalue weighted by Gasteiger charge is 2.45. The van der Waals surface area contributed by atoms with Gasteiger partial charge in [-0.1, -0.05) is 24.3 Å². The number of ether oxygens (including phenoxy) is 1. The van der Waals surface area contributed by atoms with Crippen molar-refractivity contribution >= 4 is 26.6 Å². The number of rotatable bonds is 7. The molecule has 1 aromatic carbocycles. The lowest BCUT2D eigenvalue weighted by molar-refractivity contribution is 0.0398. The van der Waals surface area contributed by atoms with E-state index in [0.29, 0.717) is 23.5 Å². The molecule has 1 aliphatic carbocycles. The molecule has 0 atom stereocenters. The summed E-state index contributed by atoms with van der Waals surface area (Å²) in [5.41, 5.74) is 0.290. The SMILES string of the molecule is CC1(N2CCN(S(=O)(=O)c3cnc(NCCN4CCOCC4)c4ccccc34)CC2)CC1. The van der Waals surface area contributed by atoms with E-state index in [2.05, 4.69) is 27.0 Å². The molecule has 0 bridgehead atoms. The summed E-state index contributed by atoms with van der Waals surface area (Å²) in [5.74, 6) is 0.735. The molecular formula is C23H33N5O3S. The highest BCUT2D eigenvalue weighted by atomic mass is 32.2. The minimum atomic E-state index is -3.60. The van der Waals surface area contributed by atoms with E-state index < -0.39 is 10.0 Å². The fraction of sp³-hybridized carbons (Fsp3) is 0.609. The Morgan fingerprint density at radius 1 is 1.03 bits per heavy atom. The van der Waals surface area contributed by atoms with E-state index in [4.69, 9.17) is 4.74 Å². The minimum absolute atomic E-state index is 0.290. The molecule has 32 heavy (non-hydrogen) atoms. The molecule has 1 aromatic heterocycles. The van der Waals surface area contributed by atoms with Crippen LogP contribution in [0.15, 0.2) is 35.4 Å². The molecule has 1 saturated carbocycles. The Hall–Kier alpha value is -1.78. The number of hydrogen-bond donors (Lipinski definition) is 1. The number of aromatic nitrogens is 1. The van der Waals surface area contributed by atoms with Crippen molar-refractivity contribution in [3.8, 4) is 0 Å². The Morgan fingerprint density at radius 2 is 1.72 bits per heavy atom. The Bertz CT molecular complexity index is 1060. The molecule has 0 amide bonds. The van der Waals surface area contributed by atoms with Crippen molar-refractivity contribution in [2.45, 2.75) is 30.2 Å². The molecule has 5 rings (SSSR count). The second kappa shape index (κ2) is 8.87. The summed E-state index contributed by atoms with van der Waals surface area (Å²) in [6.07, 6.45) is 3.96. The summed E-state index contributed by atoms with van der Waals surface area (Å²) in [6, 6.07) is 7.66. The zero-order valence-electron chi connectivity index (χ0n) is 18.8. The van der Waals surface area contributed by atoms with Crippen molar-refractivity contribution in [3.05, 3.63) is 30.5 Å². The van der Waals surface area contributed by atoms with Crippen molar-refractivity contribution in [1.82, 2.24) is 19.1 Å². The molecular weight excluding hydrogens is 426 g/mol. The van der Waals surface area contributed by atoms with E-state index in [1.54, 1.807) is 4.31 Å². The van der Waals surface area contributed by atoms with Crippen LogP contribution in [0.5, 0.6) is 0 Å². The van der Waals surface area contributed by atoms with Crippen molar-refractivity contribution < 1.29 is 13.2 Å². The average Bonchev–Trinajstić information content (AvgIpc) is 3.58. The monoisotopic (exact) mass is 459 g/mol. The molecule has 0 radical (unpaired) electrons. The lowest BCUT2D eigenvalue weighted by Crippen LogP contribution is -2.52. The van der Waals surface area contributed by atoms with Crippen LogP contribution in [0.2, 0.25) is 0 Å². The quantitative estimate of drug-likeness (QED) is 0.677. The van der Waals surface area contributed by atoms with Crippen LogP contribution in [0.4, 0.5) is 5.82 Å². The van der Waals surface area contributed by atoms with Crippen molar-refractivity contribution in [3.63, 3.8) is 0 Å². The van der Waals surface area contributed by atoms with Gasteiger partial charge in [-0.25, -0.2) is 13.4 Å². The van der Waals surface area contributed by atoms with Gasteiger partial charge in [0.15, 0.2) is 0 Å². The zero-order chi connectivity index (χ0) is 22.2. The first-order valence-corrected chi connectivity index (χ1v) is 13.1. The molecule has 2 aromatic rings. The van der Waals surface area contributed by atoms with Gasteiger partial charge in [0.2, 0.25) is 10.0 Å². The fourth-order valence-corrected chi connectivity index (χ4v) is 6.34. The number of benzene rings is 1. The highest BCUT2D eigenvalue weighted by Crippen LogP contribution is 2.41. The number of nitrogens with one attached hydrogen (secondary N) is 1. The van der Waals surface area contributed by atoms with Gasteiger partial charge < -0.3 is 10.1 Å². The number of nitrogens with zero attached hydrogens (tertiary/aromatic N) is 4. The first-order valence-electron chi connectivity index (χ1n) is 11.6. The second-order valence-corrected chi connectivity index (χ2v) is 11.2. The summed E-state index contributed by atoms with van der Waals surface area (Å²) in [5, 5.41) is 4.99. The van der Waals surface area contributed by atoms with E-state index >= 15 is 0 Å². The molecule has 3 fully saturated rings. The number of sulfonamides is 1. The van der Waals surface area contributed by atoms with Crippen LogP contribution in [0.3, 0.4) is 0 Å². The van der Waals surface area contributed by atoms with E-state index in [9.17, 15) is 8.42 Å². The highest BCUT2D eigenvalue weighted by molar-refractivity contribution is 7.89. The summed E-state index contributed by atoms with van der Waals surface area (Å²) in [6.45, 7) is 10.0. The zero-order valence-corrected chi connectivity index (χ0v) is 19.6. The topological polar surface area (TPSA) is 78.0 Å². The lowest BCUT2D eigenvalue weighted by Gasteiger charge is -2.37. The smallest absolute Gasteiger partial charge is 0.245 e. The third-order valence-electron chi connectivity index (χ3n) is 7.18. The Morgan fingerprint density at radius 3 is 2.41 bits per heavy atom. The van der Waals surface area contributed by atoms with E-state index in [0.717, 1.165) is 69.1 Å². The summed E-state index contributed by atoms with van der Waals surface area (Å²) in [7, 11) is -3.60. The van der Waals surface area contributed by atoms with Crippen LogP contribution >= 0.6 is 0 Å². The van der Waals surface area contributed by atoms with Crippen molar-refractivity contribution in [2.24, 2.45) is 0 Å². The van der Waals surface area contributed by atoms with Crippen LogP contribution in [-0.2, 0) is 14.8 Å². The van der Waals surface area contributed by atoms with Crippen LogP contribution in [0.25, 0.3) is 10.8 Å². The van der Waals surface area contributed by atoms with E-state index in [1.165, 1.54) is 19.0 Å². The molecule has 3 heterocycles. The third kappa shape index (κ3) is 4.36. The number of fused-ring (bicyclic) bond motifs is 1. The van der Waals surface area contributed by atoms with Gasteiger partial charge in [0, 0.05) is 74.9 Å². The summed E-state index contributed by atoms with van der Waals surface area (Å²) >= 11 is 0. The fourth-order valence-electron chi connectivity index (χ4n) is 4.77. The Balaban J connectivity index is 1.32. The van der Waals surface area contributed by atoms with Crippen molar-refractivity contribution in [2.75, 3.05) is 70.9 Å². The largest absolute Gasteiger partial charge is 0.379 e. The Kier molecular flexibility index (Phi) is 6.11. The molecule has 9 heteroatoms. The second-order valence-electron chi connectivity index (χ2n) is 9.29. The molecule has 0 spiro atoms. The molecule has 2 saturated heterocycles. The maximum Gasteiger partial charge on any atom is 0.245 e. The molecule has 1 N–H and O–H groups in total. The van der Waals surface area contributed by atoms with Gasteiger partial charge in [-0.3, -0.25) is 9.80 Å². The number of pyridine rings is 1. The first-order chi connectivity index (χ1) is 15.5. The maximum absolute atomic E-state index is 13.5. The Labute approximate surface area is 190 Å². The number of morpholine rings is 1. The summed E-state index contributed by atoms with van der Waals surface area (Å²) < 4.78 is 34.1. The van der Waals surface area contributed by atoms with Gasteiger partial charge in [0.05, 0.1) is 13.2 Å². The van der Waals surface area contributed by atoms with Crippen LogP contribution in [-0.4, -0.2) is 98.6 Å². The third-order valence-corrected chi connectivity index (χ3v) is 9.10. The van der Waals surface area contributed by atoms with Crippen LogP contribution < -0.4 is 5.32 Å². The normalized spacial score (nSPS) is 22.8. The molecule has 0 unspecified atom stereocenters. The predicted octanol–water partition coefficient (Wildman–Crippen LogP) is 1.84. The minimum Gasteiger partial charge on any atom is -0.379 e. The van der Waals surface area contributed by atoms with Crippen LogP contribution in [0.1, 0.15) is 19.8 Å². The van der Waals surface area contributed by atoms with Crippen molar-refractivity contribution in [1.29, 1.82) is 0 Å². The van der Waals surface area contributed by atoms with E-state index in [-0.39, 0.29) is 0 Å². The number of piperazine rings is 1. The molecule has 174 valence electrons. The molecule has 3 aliphatic rings. The number of hydrogen-bond acceptors (Lipinski definition) is 7. The lowest BCUT2D eigenvalue weighted by atomic mass is 10.1. The van der Waals surface area contributed by atoms with Gasteiger partial charge in [0.1, 0.15) is 10.7 Å². The average molecular weight is 460 g/mol. The van der Waals surface area contributed by atoms with Gasteiger partial charge in [0.25, 0.3) is 0 Å². The standard InChI is InChI=1S/C23H33N5O3S/c1-23(6-7-23)27-10-12-28(13-11-27)32(29,30)21-18-25-22(20-5-3-2-4-19(20)21)24-8-9-26-14-16-31-17-15-26/h2-5,18H,6-17H2,1H3,(H,24,25). The predicted molar refractivity (Wildman–Crippen MR) is 125 cm³/mol. The van der Waals surface area contributed by atoms with Gasteiger partial charge >= 0.3 is 0 Å². The van der Waals surface area contributed by atoms with Crippen LogP contribution in [0, 0.1) is 0 Å².